The minimum atomic E-state index is 0.0876. The van der Waals surface area contributed by atoms with E-state index in [1.165, 1.54) is 7.11 Å². The average Bonchev–Trinajstić information content (AvgIpc) is 3.24. The Balaban J connectivity index is 1.45. The van der Waals surface area contributed by atoms with Crippen LogP contribution in [0.2, 0.25) is 0 Å². The molecule has 0 radical (unpaired) electrons. The summed E-state index contributed by atoms with van der Waals surface area (Å²) in [5.74, 6) is 0.524. The second-order valence-corrected chi connectivity index (χ2v) is 7.05. The van der Waals surface area contributed by atoms with Crippen molar-refractivity contribution in [2.24, 2.45) is 10.3 Å². The fraction of sp³-hybridized carbons (Fsp3) is 0.286. The number of benzene rings is 2. The molecule has 0 bridgehead atoms. The molecule has 8 nitrogen and oxygen atoms in total. The number of phenolic OH excluding ortho intramolecular Hbond substituents is 1. The maximum atomic E-state index is 9.98. The van der Waals surface area contributed by atoms with E-state index >= 15 is 0 Å². The summed E-state index contributed by atoms with van der Waals surface area (Å²) in [7, 11) is 3.64. The number of likely N-dealkylation sites (N-methyl/N-ethyl adjacent to an activating group) is 1. The first-order valence-electron chi connectivity index (χ1n) is 9.51. The molecule has 0 saturated carbocycles. The fourth-order valence-corrected chi connectivity index (χ4v) is 3.17. The molecule has 2 heterocycles. The van der Waals surface area contributed by atoms with Crippen molar-refractivity contribution >= 4 is 5.69 Å². The van der Waals surface area contributed by atoms with E-state index in [-0.39, 0.29) is 5.75 Å². The molecule has 1 aliphatic rings. The summed E-state index contributed by atoms with van der Waals surface area (Å²) in [4.78, 5) is 2.28. The van der Waals surface area contributed by atoms with Gasteiger partial charge in [-0.05, 0) is 49.0 Å². The van der Waals surface area contributed by atoms with Crippen molar-refractivity contribution < 1.29 is 9.84 Å². The Labute approximate surface area is 169 Å². The molecule has 150 valence electrons. The van der Waals surface area contributed by atoms with Crippen LogP contribution in [0.3, 0.4) is 0 Å². The highest BCUT2D eigenvalue weighted by atomic mass is 16.5. The number of phenols is 1. The largest absolute Gasteiger partial charge is 0.504 e. The summed E-state index contributed by atoms with van der Waals surface area (Å²) < 4.78 is 5.08. The van der Waals surface area contributed by atoms with E-state index in [4.69, 9.17) is 4.74 Å². The number of methoxy groups -OCH3 is 1. The summed E-state index contributed by atoms with van der Waals surface area (Å²) in [6.07, 6.45) is 0. The van der Waals surface area contributed by atoms with Crippen LogP contribution in [0.5, 0.6) is 11.5 Å². The number of ether oxygens (including phenoxy) is 1. The number of hydrogen-bond donors (Lipinski definition) is 2. The quantitative estimate of drug-likeness (QED) is 0.646. The minimum absolute atomic E-state index is 0.0876. The van der Waals surface area contributed by atoms with E-state index in [9.17, 15) is 5.11 Å². The van der Waals surface area contributed by atoms with Crippen LogP contribution in [0, 0.1) is 0 Å². The van der Waals surface area contributed by atoms with Crippen LogP contribution in [0.4, 0.5) is 5.69 Å². The number of nitrogens with zero attached hydrogens (tertiary/aromatic N) is 5. The number of H-pyrrole nitrogens is 1. The zero-order valence-corrected chi connectivity index (χ0v) is 16.5. The smallest absolute Gasteiger partial charge is 0.160 e. The molecular weight excluding hydrogens is 368 g/mol. The van der Waals surface area contributed by atoms with Gasteiger partial charge in [-0.3, -0.25) is 10.1 Å². The van der Waals surface area contributed by atoms with Gasteiger partial charge in [-0.15, -0.1) is 5.11 Å². The Kier molecular flexibility index (Phi) is 5.44. The molecule has 3 aromatic rings. The van der Waals surface area contributed by atoms with Crippen molar-refractivity contribution in [2.75, 3.05) is 40.3 Å². The Morgan fingerprint density at radius 3 is 2.41 bits per heavy atom. The van der Waals surface area contributed by atoms with Crippen LogP contribution in [0.15, 0.2) is 58.9 Å². The Morgan fingerprint density at radius 2 is 1.72 bits per heavy atom. The number of nitrogens with one attached hydrogen (secondary N) is 1. The van der Waals surface area contributed by atoms with Crippen LogP contribution in [-0.2, 0) is 0 Å². The van der Waals surface area contributed by atoms with Gasteiger partial charge >= 0.3 is 0 Å². The number of aromatic nitrogens is 2. The van der Waals surface area contributed by atoms with Gasteiger partial charge in [0.1, 0.15) is 0 Å². The van der Waals surface area contributed by atoms with E-state index in [0.717, 1.165) is 54.4 Å². The van der Waals surface area contributed by atoms with E-state index < -0.39 is 0 Å². The first kappa shape index (κ1) is 18.9. The van der Waals surface area contributed by atoms with Crippen molar-refractivity contribution in [3.05, 3.63) is 48.5 Å². The van der Waals surface area contributed by atoms with Gasteiger partial charge in [0.2, 0.25) is 0 Å². The number of hydrogen-bond acceptors (Lipinski definition) is 6. The third-order valence-electron chi connectivity index (χ3n) is 5.00. The third kappa shape index (κ3) is 4.38. The van der Waals surface area contributed by atoms with Crippen LogP contribution in [-0.4, -0.2) is 65.5 Å². The zero-order chi connectivity index (χ0) is 20.2. The maximum Gasteiger partial charge on any atom is 0.160 e. The summed E-state index contributed by atoms with van der Waals surface area (Å²) in [5, 5.41) is 28.0. The molecule has 29 heavy (non-hydrogen) atoms. The van der Waals surface area contributed by atoms with Gasteiger partial charge in [0, 0.05) is 18.7 Å². The molecule has 1 fully saturated rings. The average molecular weight is 392 g/mol. The molecule has 2 N–H and O–H groups in total. The van der Waals surface area contributed by atoms with Gasteiger partial charge in [0.05, 0.1) is 37.3 Å². The molecule has 1 saturated heterocycles. The number of aromatic hydroxyl groups is 1. The van der Waals surface area contributed by atoms with Crippen LogP contribution in [0.25, 0.3) is 22.5 Å². The summed E-state index contributed by atoms with van der Waals surface area (Å²) in [6, 6.07) is 15.0. The number of rotatable bonds is 5. The van der Waals surface area contributed by atoms with Crippen molar-refractivity contribution in [1.29, 1.82) is 0 Å². The lowest BCUT2D eigenvalue weighted by Crippen LogP contribution is -2.41. The summed E-state index contributed by atoms with van der Waals surface area (Å²) in [6.45, 7) is 3.81. The van der Waals surface area contributed by atoms with Gasteiger partial charge in [-0.2, -0.15) is 5.10 Å². The predicted molar refractivity (Wildman–Crippen MR) is 111 cm³/mol. The topological polar surface area (TPSA) is 89.3 Å². The highest BCUT2D eigenvalue weighted by Gasteiger charge is 2.12. The highest BCUT2D eigenvalue weighted by Crippen LogP contribution is 2.32. The molecule has 0 spiro atoms. The normalized spacial score (nSPS) is 15.2. The predicted octanol–water partition coefficient (Wildman–Crippen LogP) is 3.70. The summed E-state index contributed by atoms with van der Waals surface area (Å²) in [5.41, 5.74) is 4.26. The molecule has 2 aromatic carbocycles. The molecule has 8 heteroatoms. The monoisotopic (exact) mass is 392 g/mol. The van der Waals surface area contributed by atoms with E-state index in [0.29, 0.717) is 5.75 Å². The molecule has 0 amide bonds. The van der Waals surface area contributed by atoms with Crippen molar-refractivity contribution in [3.8, 4) is 34.0 Å². The zero-order valence-electron chi connectivity index (χ0n) is 16.5. The second kappa shape index (κ2) is 8.32. The Bertz CT molecular complexity index is 991. The van der Waals surface area contributed by atoms with Gasteiger partial charge in [0.25, 0.3) is 0 Å². The minimum Gasteiger partial charge on any atom is -0.504 e. The lowest BCUT2D eigenvalue weighted by molar-refractivity contribution is 0.150. The van der Waals surface area contributed by atoms with Gasteiger partial charge < -0.3 is 14.7 Å². The lowest BCUT2D eigenvalue weighted by atomic mass is 10.1. The molecule has 1 aliphatic heterocycles. The molecule has 0 atom stereocenters. The van der Waals surface area contributed by atoms with Gasteiger partial charge in [0.15, 0.2) is 11.5 Å². The Hall–Kier alpha value is -3.39. The Morgan fingerprint density at radius 1 is 1.00 bits per heavy atom. The molecule has 0 aliphatic carbocycles. The fourth-order valence-electron chi connectivity index (χ4n) is 3.17. The number of aromatic amines is 1. The van der Waals surface area contributed by atoms with E-state index in [2.05, 4.69) is 32.5 Å². The van der Waals surface area contributed by atoms with Gasteiger partial charge in [-0.25, -0.2) is 0 Å². The standard InChI is InChI=1S/C21H24N6O2/c1-26-9-11-27(12-10-26)25-22-17-6-3-15(4-7-17)18-14-19(24-23-18)16-5-8-21(29-2)20(28)13-16/h3-8,13-14,28H,9-12H2,1-2H3,(H,23,24). The van der Waals surface area contributed by atoms with E-state index in [1.54, 1.807) is 12.1 Å². The molecule has 1 aromatic heterocycles. The summed E-state index contributed by atoms with van der Waals surface area (Å²) >= 11 is 0. The van der Waals surface area contributed by atoms with Crippen molar-refractivity contribution in [1.82, 2.24) is 20.1 Å². The lowest BCUT2D eigenvalue weighted by Gasteiger charge is -2.29. The van der Waals surface area contributed by atoms with Crippen LogP contribution >= 0.6 is 0 Å². The highest BCUT2D eigenvalue weighted by molar-refractivity contribution is 5.70. The SMILES string of the molecule is COc1ccc(-c2cc(-c3ccc(N=NN4CCN(C)CC4)cc3)[nH]n2)cc1O. The second-order valence-electron chi connectivity index (χ2n) is 7.05. The van der Waals surface area contributed by atoms with Crippen molar-refractivity contribution in [3.63, 3.8) is 0 Å². The first-order valence-corrected chi connectivity index (χ1v) is 9.51. The third-order valence-corrected chi connectivity index (χ3v) is 5.00. The van der Waals surface area contributed by atoms with Gasteiger partial charge in [-0.1, -0.05) is 17.4 Å². The molecule has 4 rings (SSSR count). The molecule has 0 unspecified atom stereocenters. The van der Waals surface area contributed by atoms with Crippen molar-refractivity contribution in [2.45, 2.75) is 0 Å². The van der Waals surface area contributed by atoms with E-state index in [1.807, 2.05) is 41.4 Å². The maximum absolute atomic E-state index is 9.98. The molecular formula is C21H24N6O2. The van der Waals surface area contributed by atoms with Crippen LogP contribution in [0.1, 0.15) is 0 Å². The number of piperazine rings is 1. The first-order chi connectivity index (χ1) is 14.1. The van der Waals surface area contributed by atoms with Crippen LogP contribution < -0.4 is 4.74 Å².